The summed E-state index contributed by atoms with van der Waals surface area (Å²) in [6.07, 6.45) is 1.32. The van der Waals surface area contributed by atoms with E-state index >= 15 is 0 Å². The molecule has 1 N–H and O–H groups in total. The number of anilines is 1. The van der Waals surface area contributed by atoms with E-state index in [1.54, 1.807) is 18.2 Å². The summed E-state index contributed by atoms with van der Waals surface area (Å²) < 4.78 is 0.753. The van der Waals surface area contributed by atoms with Gasteiger partial charge in [0.15, 0.2) is 0 Å². The molecule has 2 rings (SSSR count). The Morgan fingerprint density at radius 2 is 2.00 bits per heavy atom. The molecule has 20 heavy (non-hydrogen) atoms. The lowest BCUT2D eigenvalue weighted by atomic mass is 10.2. The maximum atomic E-state index is 12.0. The molecule has 2 aromatic rings. The summed E-state index contributed by atoms with van der Waals surface area (Å²) >= 11 is 3.26. The van der Waals surface area contributed by atoms with Gasteiger partial charge in [0.05, 0.1) is 16.8 Å². The third-order valence-electron chi connectivity index (χ3n) is 2.48. The minimum absolute atomic E-state index is 0.177. The highest BCUT2D eigenvalue weighted by molar-refractivity contribution is 9.10. The smallest absolute Gasteiger partial charge is 0.274 e. The summed E-state index contributed by atoms with van der Waals surface area (Å²) in [6.45, 7) is 0. The number of hydrogen-bond acceptors (Lipinski definition) is 4. The first-order chi connectivity index (χ1) is 9.63. The molecule has 0 saturated carbocycles. The average molecular weight is 327 g/mol. The largest absolute Gasteiger partial charge is 0.319 e. The molecule has 0 aliphatic rings. The van der Waals surface area contributed by atoms with E-state index in [0.717, 1.165) is 4.47 Å². The Hall–Kier alpha value is -2.70. The van der Waals surface area contributed by atoms with Gasteiger partial charge in [-0.3, -0.25) is 4.79 Å². The van der Waals surface area contributed by atoms with Crippen LogP contribution in [0.3, 0.4) is 0 Å². The number of carbonyl (C=O) groups excluding carboxylic acids is 1. The second-order valence-corrected chi connectivity index (χ2v) is 4.72. The Morgan fingerprint density at radius 3 is 2.60 bits per heavy atom. The van der Waals surface area contributed by atoms with Crippen molar-refractivity contribution in [1.82, 2.24) is 4.98 Å². The molecule has 0 radical (unpaired) electrons. The predicted molar refractivity (Wildman–Crippen MR) is 75.8 cm³/mol. The zero-order valence-electron chi connectivity index (χ0n) is 10.1. The lowest BCUT2D eigenvalue weighted by Crippen LogP contribution is -2.14. The van der Waals surface area contributed by atoms with Crippen LogP contribution in [-0.2, 0) is 0 Å². The normalized spacial score (nSPS) is 9.35. The van der Waals surface area contributed by atoms with Crippen LogP contribution in [0.1, 0.15) is 21.6 Å². The van der Waals surface area contributed by atoms with Gasteiger partial charge in [0, 0.05) is 10.7 Å². The summed E-state index contributed by atoms with van der Waals surface area (Å²) in [6, 6.07) is 11.9. The minimum atomic E-state index is -0.437. The van der Waals surface area contributed by atoms with Gasteiger partial charge in [-0.15, -0.1) is 0 Å². The Balaban J connectivity index is 2.24. The molecule has 1 aromatic heterocycles. The van der Waals surface area contributed by atoms with E-state index in [0.29, 0.717) is 16.8 Å². The molecule has 0 fully saturated rings. The molecule has 0 saturated heterocycles. The van der Waals surface area contributed by atoms with Crippen LogP contribution >= 0.6 is 15.9 Å². The van der Waals surface area contributed by atoms with Crippen molar-refractivity contribution in [2.45, 2.75) is 0 Å². The van der Waals surface area contributed by atoms with Crippen LogP contribution in [0, 0.1) is 22.7 Å². The van der Waals surface area contributed by atoms with Crippen molar-refractivity contribution in [3.8, 4) is 12.1 Å². The van der Waals surface area contributed by atoms with E-state index < -0.39 is 5.91 Å². The highest BCUT2D eigenvalue weighted by atomic mass is 79.9. The minimum Gasteiger partial charge on any atom is -0.319 e. The number of nitriles is 2. The molecule has 0 aliphatic carbocycles. The Kier molecular flexibility index (Phi) is 4.09. The van der Waals surface area contributed by atoms with Gasteiger partial charge in [-0.05, 0) is 30.3 Å². The fourth-order valence-corrected chi connectivity index (χ4v) is 1.86. The predicted octanol–water partition coefficient (Wildman–Crippen LogP) is 2.84. The van der Waals surface area contributed by atoms with E-state index in [1.807, 2.05) is 12.1 Å². The van der Waals surface area contributed by atoms with Crippen LogP contribution in [0.5, 0.6) is 0 Å². The monoisotopic (exact) mass is 326 g/mol. The van der Waals surface area contributed by atoms with Crippen LogP contribution in [0.2, 0.25) is 0 Å². The van der Waals surface area contributed by atoms with E-state index in [-0.39, 0.29) is 5.69 Å². The van der Waals surface area contributed by atoms with Crippen molar-refractivity contribution in [2.24, 2.45) is 0 Å². The third kappa shape index (κ3) is 3.00. The van der Waals surface area contributed by atoms with Gasteiger partial charge in [0.25, 0.3) is 5.91 Å². The second-order valence-electron chi connectivity index (χ2n) is 3.80. The summed E-state index contributed by atoms with van der Waals surface area (Å²) in [5.74, 6) is -0.437. The topological polar surface area (TPSA) is 89.6 Å². The fraction of sp³-hybridized carbons (Fsp3) is 0. The highest BCUT2D eigenvalue weighted by Gasteiger charge is 2.10. The number of halogens is 1. The van der Waals surface area contributed by atoms with Crippen LogP contribution in [0.4, 0.5) is 5.69 Å². The van der Waals surface area contributed by atoms with Crippen molar-refractivity contribution in [3.05, 3.63) is 57.8 Å². The second kappa shape index (κ2) is 5.96. The molecule has 96 valence electrons. The number of aromatic nitrogens is 1. The van der Waals surface area contributed by atoms with Crippen molar-refractivity contribution in [1.29, 1.82) is 10.5 Å². The first kappa shape index (κ1) is 13.7. The number of nitrogens with zero attached hydrogens (tertiary/aromatic N) is 3. The molecule has 0 spiro atoms. The molecule has 1 amide bonds. The fourth-order valence-electron chi connectivity index (χ4n) is 1.50. The number of rotatable bonds is 2. The summed E-state index contributed by atoms with van der Waals surface area (Å²) in [4.78, 5) is 15.9. The van der Waals surface area contributed by atoms with Crippen molar-refractivity contribution >= 4 is 27.5 Å². The number of carbonyl (C=O) groups is 1. The first-order valence-electron chi connectivity index (χ1n) is 5.51. The summed E-state index contributed by atoms with van der Waals surface area (Å²) in [7, 11) is 0. The zero-order chi connectivity index (χ0) is 14.5. The molecule has 5 nitrogen and oxygen atoms in total. The average Bonchev–Trinajstić information content (AvgIpc) is 2.49. The molecular formula is C14H7BrN4O. The van der Waals surface area contributed by atoms with Gasteiger partial charge in [-0.1, -0.05) is 15.9 Å². The van der Waals surface area contributed by atoms with Gasteiger partial charge < -0.3 is 5.32 Å². The number of pyridine rings is 1. The third-order valence-corrected chi connectivity index (χ3v) is 2.97. The van der Waals surface area contributed by atoms with E-state index in [2.05, 4.69) is 26.2 Å². The van der Waals surface area contributed by atoms with Crippen LogP contribution in [0.15, 0.2) is 41.0 Å². The van der Waals surface area contributed by atoms with Crippen LogP contribution in [0.25, 0.3) is 0 Å². The van der Waals surface area contributed by atoms with Gasteiger partial charge in [-0.2, -0.15) is 10.5 Å². The number of benzene rings is 1. The molecule has 0 aliphatic heterocycles. The standard InChI is InChI=1S/C14H7BrN4O/c15-11-2-4-12(10(5-11)7-17)19-14(20)13-3-1-9(6-16)8-18-13/h1-5,8H,(H,19,20). The zero-order valence-corrected chi connectivity index (χ0v) is 11.7. The Bertz CT molecular complexity index is 741. The molecule has 1 heterocycles. The van der Waals surface area contributed by atoms with E-state index in [4.69, 9.17) is 10.5 Å². The number of amides is 1. The maximum Gasteiger partial charge on any atom is 0.274 e. The summed E-state index contributed by atoms with van der Waals surface area (Å²) in [5, 5.41) is 20.3. The van der Waals surface area contributed by atoms with E-state index in [9.17, 15) is 4.79 Å². The van der Waals surface area contributed by atoms with Gasteiger partial charge >= 0.3 is 0 Å². The molecule has 6 heteroatoms. The molecule has 0 unspecified atom stereocenters. The van der Waals surface area contributed by atoms with Crippen molar-refractivity contribution in [3.63, 3.8) is 0 Å². The molecule has 1 aromatic carbocycles. The molecular weight excluding hydrogens is 320 g/mol. The maximum absolute atomic E-state index is 12.0. The first-order valence-corrected chi connectivity index (χ1v) is 6.30. The van der Waals surface area contributed by atoms with Gasteiger partial charge in [0.2, 0.25) is 0 Å². The summed E-state index contributed by atoms with van der Waals surface area (Å²) in [5.41, 5.74) is 1.31. The lowest BCUT2D eigenvalue weighted by Gasteiger charge is -2.06. The quantitative estimate of drug-likeness (QED) is 0.918. The SMILES string of the molecule is N#Cc1ccc(C(=O)Nc2ccc(Br)cc2C#N)nc1. The highest BCUT2D eigenvalue weighted by Crippen LogP contribution is 2.20. The Morgan fingerprint density at radius 1 is 1.20 bits per heavy atom. The lowest BCUT2D eigenvalue weighted by molar-refractivity contribution is 0.102. The van der Waals surface area contributed by atoms with Crippen LogP contribution in [-0.4, -0.2) is 10.9 Å². The number of nitrogens with one attached hydrogen (secondary N) is 1. The molecule has 0 bridgehead atoms. The van der Waals surface area contributed by atoms with Gasteiger partial charge in [-0.25, -0.2) is 4.98 Å². The Labute approximate surface area is 123 Å². The van der Waals surface area contributed by atoms with Gasteiger partial charge in [0.1, 0.15) is 17.8 Å². The van der Waals surface area contributed by atoms with Crippen molar-refractivity contribution in [2.75, 3.05) is 5.32 Å². The van der Waals surface area contributed by atoms with E-state index in [1.165, 1.54) is 18.3 Å². The van der Waals surface area contributed by atoms with Crippen LogP contribution < -0.4 is 5.32 Å². The molecule has 0 atom stereocenters. The number of hydrogen-bond donors (Lipinski definition) is 1. The van der Waals surface area contributed by atoms with Crippen molar-refractivity contribution < 1.29 is 4.79 Å².